The van der Waals surface area contributed by atoms with Crippen LogP contribution in [-0.2, 0) is 4.79 Å². The first-order valence-electron chi connectivity index (χ1n) is 6.47. The van der Waals surface area contributed by atoms with E-state index in [0.29, 0.717) is 18.5 Å². The van der Waals surface area contributed by atoms with E-state index in [1.54, 1.807) is 0 Å². The number of nitrogens with zero attached hydrogens (tertiary/aromatic N) is 1. The maximum absolute atomic E-state index is 12.6. The quantitative estimate of drug-likeness (QED) is 0.332. The van der Waals surface area contributed by atoms with Crippen LogP contribution in [0.15, 0.2) is 27.8 Å². The van der Waals surface area contributed by atoms with Crippen LogP contribution in [0.2, 0.25) is 0 Å². The number of anilines is 1. The standard InChI is InChI=1S/C14H20BrN3O2/c1-4-14(5-2,12(16)18-20)13(19)17-11-8-6-7-10(15)9(11)3/h6-8,20H,4-5H2,1-3H3,(H2,16,18)(H,17,19). The van der Waals surface area contributed by atoms with Crippen molar-refractivity contribution in [3.8, 4) is 0 Å². The molecule has 0 radical (unpaired) electrons. The number of hydrogen-bond donors (Lipinski definition) is 3. The molecule has 0 fully saturated rings. The lowest BCUT2D eigenvalue weighted by molar-refractivity contribution is -0.122. The molecule has 0 aliphatic rings. The van der Waals surface area contributed by atoms with Gasteiger partial charge >= 0.3 is 0 Å². The molecule has 0 bridgehead atoms. The molecule has 0 spiro atoms. The Labute approximate surface area is 127 Å². The summed E-state index contributed by atoms with van der Waals surface area (Å²) in [5.41, 5.74) is 6.37. The third-order valence-corrected chi connectivity index (χ3v) is 4.61. The van der Waals surface area contributed by atoms with Crippen LogP contribution in [0, 0.1) is 12.3 Å². The number of carbonyl (C=O) groups is 1. The van der Waals surface area contributed by atoms with Gasteiger partial charge in [-0.25, -0.2) is 0 Å². The van der Waals surface area contributed by atoms with Crippen LogP contribution < -0.4 is 11.1 Å². The van der Waals surface area contributed by atoms with Crippen molar-refractivity contribution in [2.75, 3.05) is 5.32 Å². The summed E-state index contributed by atoms with van der Waals surface area (Å²) in [7, 11) is 0. The number of hydrogen-bond acceptors (Lipinski definition) is 3. The van der Waals surface area contributed by atoms with Crippen LogP contribution in [0.3, 0.4) is 0 Å². The van der Waals surface area contributed by atoms with Gasteiger partial charge in [-0.2, -0.15) is 0 Å². The number of oxime groups is 1. The van der Waals surface area contributed by atoms with E-state index in [0.717, 1.165) is 10.0 Å². The first-order valence-corrected chi connectivity index (χ1v) is 7.26. The predicted molar refractivity (Wildman–Crippen MR) is 83.9 cm³/mol. The van der Waals surface area contributed by atoms with Gasteiger partial charge in [0, 0.05) is 10.2 Å². The van der Waals surface area contributed by atoms with Crippen LogP contribution in [0.4, 0.5) is 5.69 Å². The largest absolute Gasteiger partial charge is 0.409 e. The van der Waals surface area contributed by atoms with Crippen molar-refractivity contribution < 1.29 is 10.0 Å². The van der Waals surface area contributed by atoms with Crippen molar-refractivity contribution in [1.82, 2.24) is 0 Å². The SMILES string of the molecule is CCC(CC)(C(=O)Nc1cccc(Br)c1C)/C(N)=N/O. The summed E-state index contributed by atoms with van der Waals surface area (Å²) >= 11 is 3.42. The average Bonchev–Trinajstić information content (AvgIpc) is 2.45. The number of halogens is 1. The Kier molecular flexibility index (Phi) is 5.56. The number of benzene rings is 1. The summed E-state index contributed by atoms with van der Waals surface area (Å²) in [6.45, 7) is 5.59. The highest BCUT2D eigenvalue weighted by Gasteiger charge is 2.40. The van der Waals surface area contributed by atoms with Crippen molar-refractivity contribution >= 4 is 33.4 Å². The summed E-state index contributed by atoms with van der Waals surface area (Å²) in [4.78, 5) is 12.6. The van der Waals surface area contributed by atoms with Crippen molar-refractivity contribution in [3.05, 3.63) is 28.2 Å². The van der Waals surface area contributed by atoms with Gasteiger partial charge < -0.3 is 16.3 Å². The van der Waals surface area contributed by atoms with Crippen LogP contribution in [0.1, 0.15) is 32.3 Å². The molecule has 0 saturated carbocycles. The molecule has 1 amide bonds. The van der Waals surface area contributed by atoms with Crippen LogP contribution in [0.25, 0.3) is 0 Å². The lowest BCUT2D eigenvalue weighted by atomic mass is 9.80. The molecule has 0 saturated heterocycles. The second-order valence-electron chi connectivity index (χ2n) is 4.64. The summed E-state index contributed by atoms with van der Waals surface area (Å²) in [5, 5.41) is 14.8. The van der Waals surface area contributed by atoms with E-state index in [4.69, 9.17) is 10.9 Å². The second kappa shape index (κ2) is 6.74. The topological polar surface area (TPSA) is 87.7 Å². The summed E-state index contributed by atoms with van der Waals surface area (Å²) in [5.74, 6) is -0.327. The lowest BCUT2D eigenvalue weighted by Crippen LogP contribution is -2.46. The van der Waals surface area contributed by atoms with Gasteiger partial charge in [0.25, 0.3) is 0 Å². The average molecular weight is 342 g/mol. The van der Waals surface area contributed by atoms with Crippen molar-refractivity contribution in [2.24, 2.45) is 16.3 Å². The third-order valence-electron chi connectivity index (χ3n) is 3.76. The molecule has 1 rings (SSSR count). The molecule has 20 heavy (non-hydrogen) atoms. The second-order valence-corrected chi connectivity index (χ2v) is 5.50. The molecular formula is C14H20BrN3O2. The highest BCUT2D eigenvalue weighted by Crippen LogP contribution is 2.30. The first-order chi connectivity index (χ1) is 9.42. The van der Waals surface area contributed by atoms with E-state index >= 15 is 0 Å². The number of amides is 1. The van der Waals surface area contributed by atoms with Gasteiger partial charge in [0.2, 0.25) is 5.91 Å². The molecule has 4 N–H and O–H groups in total. The molecule has 0 atom stereocenters. The van der Waals surface area contributed by atoms with Gasteiger partial charge in [-0.15, -0.1) is 0 Å². The minimum Gasteiger partial charge on any atom is -0.409 e. The fourth-order valence-electron chi connectivity index (χ4n) is 2.13. The Hall–Kier alpha value is -1.56. The van der Waals surface area contributed by atoms with Crippen molar-refractivity contribution in [2.45, 2.75) is 33.6 Å². The minimum atomic E-state index is -0.997. The summed E-state index contributed by atoms with van der Waals surface area (Å²) in [6.07, 6.45) is 0.913. The van der Waals surface area contributed by atoms with E-state index < -0.39 is 5.41 Å². The molecule has 0 unspecified atom stereocenters. The number of amidine groups is 1. The van der Waals surface area contributed by atoms with Crippen molar-refractivity contribution in [3.63, 3.8) is 0 Å². The third kappa shape index (κ3) is 2.95. The van der Waals surface area contributed by atoms with Crippen LogP contribution in [0.5, 0.6) is 0 Å². The molecule has 0 heterocycles. The number of nitrogens with two attached hydrogens (primary N) is 1. The Morgan fingerprint density at radius 1 is 1.45 bits per heavy atom. The smallest absolute Gasteiger partial charge is 0.238 e. The maximum atomic E-state index is 12.6. The molecule has 0 aromatic heterocycles. The Balaban J connectivity index is 3.13. The van der Waals surface area contributed by atoms with Gasteiger partial charge in [0.1, 0.15) is 5.41 Å². The van der Waals surface area contributed by atoms with Gasteiger partial charge in [0.15, 0.2) is 5.84 Å². The minimum absolute atomic E-state index is 0.0624. The van der Waals surface area contributed by atoms with Gasteiger partial charge in [0.05, 0.1) is 0 Å². The Bertz CT molecular complexity index is 525. The number of carbonyl (C=O) groups excluding carboxylic acids is 1. The van der Waals surface area contributed by atoms with Gasteiger partial charge in [-0.05, 0) is 37.5 Å². The summed E-state index contributed by atoms with van der Waals surface area (Å²) in [6, 6.07) is 5.57. The van der Waals surface area contributed by atoms with E-state index in [9.17, 15) is 4.79 Å². The van der Waals surface area contributed by atoms with E-state index in [1.165, 1.54) is 0 Å². The van der Waals surface area contributed by atoms with Gasteiger partial charge in [-0.1, -0.05) is 41.0 Å². The number of rotatable bonds is 5. The zero-order chi connectivity index (χ0) is 15.3. The van der Waals surface area contributed by atoms with Crippen LogP contribution >= 0.6 is 15.9 Å². The predicted octanol–water partition coefficient (Wildman–Crippen LogP) is 3.25. The van der Waals surface area contributed by atoms with E-state index in [2.05, 4.69) is 26.4 Å². The number of nitrogens with one attached hydrogen (secondary N) is 1. The van der Waals surface area contributed by atoms with Crippen molar-refractivity contribution in [1.29, 1.82) is 0 Å². The monoisotopic (exact) mass is 341 g/mol. The normalized spacial score (nSPS) is 12.3. The molecule has 0 aliphatic heterocycles. The Morgan fingerprint density at radius 3 is 2.55 bits per heavy atom. The molecule has 1 aromatic rings. The maximum Gasteiger partial charge on any atom is 0.238 e. The molecule has 6 heteroatoms. The highest BCUT2D eigenvalue weighted by molar-refractivity contribution is 9.10. The van der Waals surface area contributed by atoms with E-state index in [1.807, 2.05) is 39.0 Å². The molecule has 110 valence electrons. The fraction of sp³-hybridized carbons (Fsp3) is 0.429. The van der Waals surface area contributed by atoms with Crippen LogP contribution in [-0.4, -0.2) is 17.0 Å². The lowest BCUT2D eigenvalue weighted by Gasteiger charge is -2.29. The first kappa shape index (κ1) is 16.5. The summed E-state index contributed by atoms with van der Waals surface area (Å²) < 4.78 is 0.915. The zero-order valence-corrected chi connectivity index (χ0v) is 13.5. The fourth-order valence-corrected chi connectivity index (χ4v) is 2.50. The molecule has 0 aliphatic carbocycles. The van der Waals surface area contributed by atoms with E-state index in [-0.39, 0.29) is 11.7 Å². The zero-order valence-electron chi connectivity index (χ0n) is 11.9. The Morgan fingerprint density at radius 2 is 2.05 bits per heavy atom. The molecule has 1 aromatic carbocycles. The molecular weight excluding hydrogens is 322 g/mol. The van der Waals surface area contributed by atoms with Gasteiger partial charge in [-0.3, -0.25) is 4.79 Å². The molecule has 5 nitrogen and oxygen atoms in total. The highest BCUT2D eigenvalue weighted by atomic mass is 79.9.